The zero-order valence-corrected chi connectivity index (χ0v) is 15.9. The third kappa shape index (κ3) is 3.84. The Kier molecular flexibility index (Phi) is 5.79. The lowest BCUT2D eigenvalue weighted by atomic mass is 10.1. The molecule has 8 nitrogen and oxygen atoms in total. The summed E-state index contributed by atoms with van der Waals surface area (Å²) in [6.07, 6.45) is -0.902. The van der Waals surface area contributed by atoms with Crippen molar-refractivity contribution in [2.75, 3.05) is 31.2 Å². The van der Waals surface area contributed by atoms with Crippen LogP contribution in [0.3, 0.4) is 0 Å². The van der Waals surface area contributed by atoms with Crippen LogP contribution >= 0.6 is 23.2 Å². The van der Waals surface area contributed by atoms with E-state index in [2.05, 4.69) is 20.5 Å². The number of halogens is 2. The van der Waals surface area contributed by atoms with Crippen LogP contribution in [-0.2, 0) is 4.74 Å². The topological polar surface area (TPSA) is 109 Å². The Labute approximate surface area is 161 Å². The fourth-order valence-corrected chi connectivity index (χ4v) is 3.31. The number of anilines is 2. The predicted molar refractivity (Wildman–Crippen MR) is 101 cm³/mol. The van der Waals surface area contributed by atoms with Gasteiger partial charge >= 0.3 is 0 Å². The van der Waals surface area contributed by atoms with E-state index in [1.165, 1.54) is 0 Å². The molecule has 3 rings (SSSR count). The molecular weight excluding hydrogens is 379 g/mol. The minimum absolute atomic E-state index is 0.119. The Morgan fingerprint density at radius 1 is 1.35 bits per heavy atom. The van der Waals surface area contributed by atoms with E-state index in [1.54, 1.807) is 32.2 Å². The molecule has 1 unspecified atom stereocenters. The summed E-state index contributed by atoms with van der Waals surface area (Å²) in [5.41, 5.74) is 6.99. The first-order valence-corrected chi connectivity index (χ1v) is 8.82. The molecule has 0 radical (unpaired) electrons. The van der Waals surface area contributed by atoms with Crippen LogP contribution in [0.25, 0.3) is 11.3 Å². The Hall–Kier alpha value is -1.71. The standard InChI is InChI=1S/C16H20Cl2N6O2/c1-8(25)15(26-2)24-6-9(7-24)20-16-21-14(19)13(22-23-16)10-4-3-5-11(17)12(10)18/h3-5,8-9,15,25H,6-7H2,1-2H3,(H3,19,20,21,23)/t8?,15-/m0/s1. The summed E-state index contributed by atoms with van der Waals surface area (Å²) < 4.78 is 5.28. The second kappa shape index (κ2) is 7.89. The average Bonchev–Trinajstić information content (AvgIpc) is 2.56. The molecule has 140 valence electrons. The first-order valence-electron chi connectivity index (χ1n) is 8.06. The molecule has 1 aromatic heterocycles. The third-order valence-corrected chi connectivity index (χ3v) is 5.00. The van der Waals surface area contributed by atoms with Crippen LogP contribution in [0.4, 0.5) is 11.8 Å². The van der Waals surface area contributed by atoms with Crippen molar-refractivity contribution in [3.8, 4) is 11.3 Å². The van der Waals surface area contributed by atoms with Gasteiger partial charge in [-0.1, -0.05) is 35.3 Å². The normalized spacial score (nSPS) is 17.6. The number of aliphatic hydroxyl groups excluding tert-OH is 1. The molecular formula is C16H20Cl2N6O2. The van der Waals surface area contributed by atoms with Crippen molar-refractivity contribution in [1.82, 2.24) is 20.1 Å². The molecule has 1 aliphatic rings. The Morgan fingerprint density at radius 3 is 2.69 bits per heavy atom. The molecule has 1 fully saturated rings. The lowest BCUT2D eigenvalue weighted by Gasteiger charge is -2.44. The van der Waals surface area contributed by atoms with Gasteiger partial charge in [-0.05, 0) is 13.0 Å². The minimum Gasteiger partial charge on any atom is -0.389 e. The summed E-state index contributed by atoms with van der Waals surface area (Å²) in [5, 5.41) is 21.8. The van der Waals surface area contributed by atoms with Gasteiger partial charge in [-0.2, -0.15) is 4.98 Å². The molecule has 0 amide bonds. The highest BCUT2D eigenvalue weighted by atomic mass is 35.5. The van der Waals surface area contributed by atoms with E-state index < -0.39 is 6.10 Å². The van der Waals surface area contributed by atoms with Crippen LogP contribution in [0.2, 0.25) is 10.0 Å². The summed E-state index contributed by atoms with van der Waals surface area (Å²) >= 11 is 12.2. The molecule has 2 atom stereocenters. The monoisotopic (exact) mass is 398 g/mol. The van der Waals surface area contributed by atoms with Gasteiger partial charge in [0.2, 0.25) is 5.95 Å². The van der Waals surface area contributed by atoms with E-state index in [0.717, 1.165) is 0 Å². The molecule has 4 N–H and O–H groups in total. The average molecular weight is 399 g/mol. The fraction of sp³-hybridized carbons (Fsp3) is 0.438. The van der Waals surface area contributed by atoms with Gasteiger partial charge in [0.05, 0.1) is 22.2 Å². The van der Waals surface area contributed by atoms with Gasteiger partial charge in [0, 0.05) is 25.8 Å². The molecule has 2 aromatic rings. The number of likely N-dealkylation sites (tertiary alicyclic amines) is 1. The summed E-state index contributed by atoms with van der Waals surface area (Å²) in [6, 6.07) is 5.32. The summed E-state index contributed by atoms with van der Waals surface area (Å²) in [7, 11) is 1.57. The largest absolute Gasteiger partial charge is 0.389 e. The molecule has 0 spiro atoms. The van der Waals surface area contributed by atoms with Crippen LogP contribution in [0.15, 0.2) is 18.2 Å². The van der Waals surface area contributed by atoms with Crippen molar-refractivity contribution in [2.45, 2.75) is 25.3 Å². The van der Waals surface area contributed by atoms with Crippen molar-refractivity contribution in [3.05, 3.63) is 28.2 Å². The number of rotatable bonds is 6. The van der Waals surface area contributed by atoms with E-state index in [9.17, 15) is 5.11 Å². The van der Waals surface area contributed by atoms with E-state index >= 15 is 0 Å². The zero-order chi connectivity index (χ0) is 18.8. The summed E-state index contributed by atoms with van der Waals surface area (Å²) in [6.45, 7) is 3.07. The minimum atomic E-state index is -0.573. The number of nitrogens with zero attached hydrogens (tertiary/aromatic N) is 4. The number of nitrogens with two attached hydrogens (primary N) is 1. The zero-order valence-electron chi connectivity index (χ0n) is 14.4. The summed E-state index contributed by atoms with van der Waals surface area (Å²) in [5.74, 6) is 0.543. The number of hydrogen-bond donors (Lipinski definition) is 3. The molecule has 0 aliphatic carbocycles. The first-order chi connectivity index (χ1) is 12.4. The number of nitrogens with one attached hydrogen (secondary N) is 1. The molecule has 0 bridgehead atoms. The maximum Gasteiger partial charge on any atom is 0.245 e. The van der Waals surface area contributed by atoms with Crippen LogP contribution in [-0.4, -0.2) is 63.8 Å². The van der Waals surface area contributed by atoms with Gasteiger partial charge < -0.3 is 20.9 Å². The molecule has 0 saturated carbocycles. The smallest absolute Gasteiger partial charge is 0.245 e. The molecule has 1 aromatic carbocycles. The van der Waals surface area contributed by atoms with Crippen LogP contribution in [0.5, 0.6) is 0 Å². The lowest BCUT2D eigenvalue weighted by molar-refractivity contribution is -0.125. The van der Waals surface area contributed by atoms with Crippen LogP contribution in [0.1, 0.15) is 6.92 Å². The number of hydrogen-bond acceptors (Lipinski definition) is 8. The van der Waals surface area contributed by atoms with E-state index in [-0.39, 0.29) is 18.1 Å². The molecule has 1 saturated heterocycles. The first kappa shape index (κ1) is 19.1. The summed E-state index contributed by atoms with van der Waals surface area (Å²) in [4.78, 5) is 6.27. The Morgan fingerprint density at radius 2 is 2.08 bits per heavy atom. The van der Waals surface area contributed by atoms with Crippen molar-refractivity contribution in [2.24, 2.45) is 0 Å². The molecule has 10 heteroatoms. The maximum absolute atomic E-state index is 9.68. The molecule has 1 aliphatic heterocycles. The Bertz CT molecular complexity index is 785. The quantitative estimate of drug-likeness (QED) is 0.676. The second-order valence-corrected chi connectivity index (χ2v) is 6.92. The third-order valence-electron chi connectivity index (χ3n) is 4.18. The highest BCUT2D eigenvalue weighted by Crippen LogP contribution is 2.34. The predicted octanol–water partition coefficient (Wildman–Crippen LogP) is 1.88. The van der Waals surface area contributed by atoms with Crippen molar-refractivity contribution < 1.29 is 9.84 Å². The van der Waals surface area contributed by atoms with Gasteiger partial charge in [-0.3, -0.25) is 4.90 Å². The fourth-order valence-electron chi connectivity index (χ4n) is 2.92. The number of ether oxygens (including phenoxy) is 1. The SMILES string of the molecule is CO[C@@H](C(C)O)N1CC(Nc2nnc(-c3cccc(Cl)c3Cl)c(N)n2)C1. The van der Waals surface area contributed by atoms with E-state index in [4.69, 9.17) is 33.7 Å². The number of nitrogen functional groups attached to an aromatic ring is 1. The Balaban J connectivity index is 1.67. The van der Waals surface area contributed by atoms with Gasteiger partial charge in [0.1, 0.15) is 11.9 Å². The van der Waals surface area contributed by atoms with Gasteiger partial charge in [-0.25, -0.2) is 0 Å². The lowest BCUT2D eigenvalue weighted by Crippen LogP contribution is -2.61. The maximum atomic E-state index is 9.68. The van der Waals surface area contributed by atoms with Crippen molar-refractivity contribution in [3.63, 3.8) is 0 Å². The van der Waals surface area contributed by atoms with Gasteiger partial charge in [0.15, 0.2) is 5.82 Å². The number of aromatic nitrogens is 3. The second-order valence-electron chi connectivity index (χ2n) is 6.13. The van der Waals surface area contributed by atoms with Crippen LogP contribution < -0.4 is 11.1 Å². The highest BCUT2D eigenvalue weighted by molar-refractivity contribution is 6.43. The van der Waals surface area contributed by atoms with Crippen molar-refractivity contribution >= 4 is 35.0 Å². The van der Waals surface area contributed by atoms with Gasteiger partial charge in [-0.15, -0.1) is 10.2 Å². The van der Waals surface area contributed by atoms with E-state index in [0.29, 0.717) is 40.3 Å². The van der Waals surface area contributed by atoms with Crippen LogP contribution in [0, 0.1) is 0 Å². The molecule has 26 heavy (non-hydrogen) atoms. The number of methoxy groups -OCH3 is 1. The van der Waals surface area contributed by atoms with Crippen molar-refractivity contribution in [1.29, 1.82) is 0 Å². The highest BCUT2D eigenvalue weighted by Gasteiger charge is 2.35. The van der Waals surface area contributed by atoms with E-state index in [1.807, 2.05) is 4.90 Å². The molecule has 2 heterocycles. The number of benzene rings is 1. The number of aliphatic hydroxyl groups is 1. The van der Waals surface area contributed by atoms with Gasteiger partial charge in [0.25, 0.3) is 0 Å².